The van der Waals surface area contributed by atoms with Crippen LogP contribution >= 0.6 is 23.1 Å². The first-order valence-electron chi connectivity index (χ1n) is 8.87. The second kappa shape index (κ2) is 6.98. The maximum atomic E-state index is 12.2. The molecule has 0 saturated heterocycles. The Bertz CT molecular complexity index is 1100. The van der Waals surface area contributed by atoms with Gasteiger partial charge in [0.2, 0.25) is 5.91 Å². The average molecular weight is 396 g/mol. The maximum absolute atomic E-state index is 12.2. The van der Waals surface area contributed by atoms with Crippen LogP contribution in [0.25, 0.3) is 21.3 Å². The van der Waals surface area contributed by atoms with Crippen molar-refractivity contribution in [1.82, 2.24) is 9.97 Å². The van der Waals surface area contributed by atoms with E-state index in [4.69, 9.17) is 4.42 Å². The molecule has 5 nitrogen and oxygen atoms in total. The Morgan fingerprint density at radius 2 is 2.07 bits per heavy atom. The van der Waals surface area contributed by atoms with Crippen LogP contribution < -0.4 is 5.32 Å². The van der Waals surface area contributed by atoms with Gasteiger partial charge in [0, 0.05) is 17.4 Å². The van der Waals surface area contributed by atoms with E-state index < -0.39 is 0 Å². The molecule has 0 atom stereocenters. The van der Waals surface area contributed by atoms with Crippen molar-refractivity contribution in [2.45, 2.75) is 24.5 Å². The summed E-state index contributed by atoms with van der Waals surface area (Å²) in [7, 11) is 0. The number of nitrogens with one attached hydrogen (secondary N) is 1. The van der Waals surface area contributed by atoms with Crippen LogP contribution in [0.15, 0.2) is 46.9 Å². The van der Waals surface area contributed by atoms with Gasteiger partial charge in [-0.15, -0.1) is 23.1 Å². The fourth-order valence-electron chi connectivity index (χ4n) is 2.94. The molecule has 0 bridgehead atoms. The van der Waals surface area contributed by atoms with Crippen molar-refractivity contribution in [3.8, 4) is 0 Å². The van der Waals surface area contributed by atoms with Gasteiger partial charge in [-0.2, -0.15) is 0 Å². The zero-order chi connectivity index (χ0) is 18.2. The SMILES string of the molecule is O=C(CSCc1nc2ccccc2s1)Nc1ccc2oc(C3CC3)nc2c1. The molecule has 136 valence electrons. The smallest absolute Gasteiger partial charge is 0.234 e. The number of oxazole rings is 1. The maximum Gasteiger partial charge on any atom is 0.234 e. The molecule has 5 rings (SSSR count). The molecule has 1 N–H and O–H groups in total. The number of thioether (sulfide) groups is 1. The number of rotatable bonds is 6. The van der Waals surface area contributed by atoms with E-state index in [1.165, 1.54) is 4.70 Å². The first-order valence-corrected chi connectivity index (χ1v) is 10.8. The van der Waals surface area contributed by atoms with Crippen LogP contribution in [0.1, 0.15) is 29.7 Å². The van der Waals surface area contributed by atoms with Gasteiger partial charge in [0.05, 0.1) is 16.0 Å². The number of para-hydroxylation sites is 1. The number of nitrogens with zero attached hydrogens (tertiary/aromatic N) is 2. The fourth-order valence-corrected chi connectivity index (χ4v) is 4.78. The zero-order valence-corrected chi connectivity index (χ0v) is 16.1. The summed E-state index contributed by atoms with van der Waals surface area (Å²) < 4.78 is 6.94. The molecule has 1 aliphatic rings. The highest BCUT2D eigenvalue weighted by atomic mass is 32.2. The lowest BCUT2D eigenvalue weighted by molar-refractivity contribution is -0.113. The second-order valence-electron chi connectivity index (χ2n) is 6.63. The number of hydrogen-bond donors (Lipinski definition) is 1. The normalized spacial score (nSPS) is 14.1. The number of anilines is 1. The largest absolute Gasteiger partial charge is 0.440 e. The molecule has 0 radical (unpaired) electrons. The van der Waals surface area contributed by atoms with Gasteiger partial charge in [-0.3, -0.25) is 4.79 Å². The van der Waals surface area contributed by atoms with Crippen LogP contribution in [0, 0.1) is 0 Å². The third-order valence-electron chi connectivity index (χ3n) is 4.41. The Hall–Kier alpha value is -2.38. The van der Waals surface area contributed by atoms with Crippen molar-refractivity contribution in [1.29, 1.82) is 0 Å². The zero-order valence-electron chi connectivity index (χ0n) is 14.5. The number of carbonyl (C=O) groups is 1. The van der Waals surface area contributed by atoms with Crippen molar-refractivity contribution in [2.24, 2.45) is 0 Å². The van der Waals surface area contributed by atoms with Crippen molar-refractivity contribution in [2.75, 3.05) is 11.1 Å². The van der Waals surface area contributed by atoms with Crippen LogP contribution in [-0.2, 0) is 10.5 Å². The van der Waals surface area contributed by atoms with Gasteiger partial charge in [0.1, 0.15) is 10.5 Å². The van der Waals surface area contributed by atoms with Crippen LogP contribution in [0.2, 0.25) is 0 Å². The molecule has 0 aliphatic heterocycles. The van der Waals surface area contributed by atoms with Crippen LogP contribution in [0.4, 0.5) is 5.69 Å². The van der Waals surface area contributed by atoms with E-state index in [0.29, 0.717) is 11.7 Å². The van der Waals surface area contributed by atoms with Crippen LogP contribution in [-0.4, -0.2) is 21.6 Å². The van der Waals surface area contributed by atoms with E-state index in [1.54, 1.807) is 23.1 Å². The number of amides is 1. The van der Waals surface area contributed by atoms with Gasteiger partial charge >= 0.3 is 0 Å². The van der Waals surface area contributed by atoms with E-state index in [0.717, 1.165) is 51.8 Å². The molecule has 2 aromatic carbocycles. The molecule has 1 saturated carbocycles. The van der Waals surface area contributed by atoms with E-state index in [9.17, 15) is 4.79 Å². The summed E-state index contributed by atoms with van der Waals surface area (Å²) in [6.07, 6.45) is 2.31. The van der Waals surface area contributed by atoms with Crippen molar-refractivity contribution < 1.29 is 9.21 Å². The number of aromatic nitrogens is 2. The number of fused-ring (bicyclic) bond motifs is 2. The summed E-state index contributed by atoms with van der Waals surface area (Å²) in [6, 6.07) is 13.7. The highest BCUT2D eigenvalue weighted by Gasteiger charge is 2.28. The molecular formula is C20H17N3O2S2. The van der Waals surface area contributed by atoms with Crippen molar-refractivity contribution in [3.05, 3.63) is 53.4 Å². The first kappa shape index (κ1) is 16.8. The quantitative estimate of drug-likeness (QED) is 0.487. The second-order valence-corrected chi connectivity index (χ2v) is 8.73. The standard InChI is InChI=1S/C20H17N3O2S2/c24-18(10-26-11-19-22-14-3-1-2-4-17(14)27-19)21-13-7-8-16-15(9-13)23-20(25-16)12-5-6-12/h1-4,7-9,12H,5-6,10-11H2,(H,21,24). The summed E-state index contributed by atoms with van der Waals surface area (Å²) in [5, 5.41) is 3.99. The van der Waals surface area contributed by atoms with Crippen LogP contribution in [0.3, 0.4) is 0 Å². The first-order chi connectivity index (χ1) is 13.2. The van der Waals surface area contributed by atoms with Gasteiger partial charge in [-0.25, -0.2) is 9.97 Å². The minimum atomic E-state index is -0.0219. The number of carbonyl (C=O) groups excluding carboxylic acids is 1. The Kier molecular flexibility index (Phi) is 4.33. The van der Waals surface area contributed by atoms with Crippen molar-refractivity contribution in [3.63, 3.8) is 0 Å². The predicted molar refractivity (Wildman–Crippen MR) is 110 cm³/mol. The summed E-state index contributed by atoms with van der Waals surface area (Å²) in [6.45, 7) is 0. The molecule has 7 heteroatoms. The summed E-state index contributed by atoms with van der Waals surface area (Å²) in [5.41, 5.74) is 3.36. The molecule has 2 aromatic heterocycles. The molecule has 1 aliphatic carbocycles. The summed E-state index contributed by atoms with van der Waals surface area (Å²) in [4.78, 5) is 21.4. The highest BCUT2D eigenvalue weighted by molar-refractivity contribution is 7.99. The van der Waals surface area contributed by atoms with Crippen molar-refractivity contribution >= 4 is 56.0 Å². The molecular weight excluding hydrogens is 378 g/mol. The van der Waals surface area contributed by atoms with E-state index >= 15 is 0 Å². The molecule has 0 spiro atoms. The van der Waals surface area contributed by atoms with Gasteiger partial charge in [-0.1, -0.05) is 12.1 Å². The molecule has 1 fully saturated rings. The van der Waals surface area contributed by atoms with E-state index in [2.05, 4.69) is 21.4 Å². The Morgan fingerprint density at radius 3 is 2.93 bits per heavy atom. The third-order valence-corrected chi connectivity index (χ3v) is 6.57. The molecule has 4 aromatic rings. The van der Waals surface area contributed by atoms with Crippen LogP contribution in [0.5, 0.6) is 0 Å². The topological polar surface area (TPSA) is 68.0 Å². The summed E-state index contributed by atoms with van der Waals surface area (Å²) in [5.74, 6) is 2.40. The number of hydrogen-bond acceptors (Lipinski definition) is 6. The third kappa shape index (κ3) is 3.70. The van der Waals surface area contributed by atoms with Gasteiger partial charge in [0.15, 0.2) is 11.5 Å². The lowest BCUT2D eigenvalue weighted by Gasteiger charge is -2.04. The minimum Gasteiger partial charge on any atom is -0.440 e. The Morgan fingerprint density at radius 1 is 1.19 bits per heavy atom. The molecule has 27 heavy (non-hydrogen) atoms. The van der Waals surface area contributed by atoms with E-state index in [1.807, 2.05) is 36.4 Å². The fraction of sp³-hybridized carbons (Fsp3) is 0.250. The van der Waals surface area contributed by atoms with E-state index in [-0.39, 0.29) is 5.91 Å². The highest BCUT2D eigenvalue weighted by Crippen LogP contribution is 2.40. The molecule has 0 unspecified atom stereocenters. The lowest BCUT2D eigenvalue weighted by atomic mass is 10.3. The molecule has 2 heterocycles. The summed E-state index contributed by atoms with van der Waals surface area (Å²) >= 11 is 3.25. The lowest BCUT2D eigenvalue weighted by Crippen LogP contribution is -2.14. The van der Waals surface area contributed by atoms with Gasteiger partial charge in [-0.05, 0) is 43.2 Å². The van der Waals surface area contributed by atoms with Gasteiger partial charge in [0.25, 0.3) is 0 Å². The number of benzene rings is 2. The predicted octanol–water partition coefficient (Wildman–Crippen LogP) is 5.19. The number of thiazole rings is 1. The Balaban J connectivity index is 1.18. The Labute approximate surface area is 164 Å². The van der Waals surface area contributed by atoms with Gasteiger partial charge < -0.3 is 9.73 Å². The average Bonchev–Trinajstić information content (AvgIpc) is 3.29. The monoisotopic (exact) mass is 395 g/mol. The minimum absolute atomic E-state index is 0.0219. The molecule has 1 amide bonds.